The van der Waals surface area contributed by atoms with E-state index in [-0.39, 0.29) is 11.9 Å². The maximum absolute atomic E-state index is 12.1. The lowest BCUT2D eigenvalue weighted by Crippen LogP contribution is -2.40. The van der Waals surface area contributed by atoms with Crippen LogP contribution in [0.5, 0.6) is 0 Å². The first-order valence-electron chi connectivity index (χ1n) is 8.02. The number of esters is 1. The summed E-state index contributed by atoms with van der Waals surface area (Å²) in [6.07, 6.45) is 5.26. The molecule has 0 bridgehead atoms. The molecule has 6 nitrogen and oxygen atoms in total. The van der Waals surface area contributed by atoms with Crippen LogP contribution in [0.1, 0.15) is 22.3 Å². The van der Waals surface area contributed by atoms with Gasteiger partial charge in [0.15, 0.2) is 0 Å². The van der Waals surface area contributed by atoms with Gasteiger partial charge in [-0.05, 0) is 24.1 Å². The normalized spacial score (nSPS) is 15.4. The minimum atomic E-state index is -0.342. The largest absolute Gasteiger partial charge is 0.465 e. The molecule has 0 aromatic heterocycles. The number of rotatable bonds is 8. The first-order chi connectivity index (χ1) is 11.7. The number of amides is 1. The van der Waals surface area contributed by atoms with Gasteiger partial charge < -0.3 is 9.47 Å². The molecule has 24 heavy (non-hydrogen) atoms. The lowest BCUT2D eigenvalue weighted by molar-refractivity contribution is -0.137. The molecule has 1 amide bonds. The van der Waals surface area contributed by atoms with Crippen LogP contribution in [-0.4, -0.2) is 62.4 Å². The van der Waals surface area contributed by atoms with Crippen molar-refractivity contribution in [3.63, 3.8) is 0 Å². The Kier molecular flexibility index (Phi) is 6.96. The van der Waals surface area contributed by atoms with Crippen molar-refractivity contribution in [1.82, 2.24) is 10.0 Å². The summed E-state index contributed by atoms with van der Waals surface area (Å²) in [7, 11) is 3.02. The summed E-state index contributed by atoms with van der Waals surface area (Å²) in [5.74, 6) is -0.188. The topological polar surface area (TPSA) is 59.1 Å². The summed E-state index contributed by atoms with van der Waals surface area (Å²) >= 11 is 0. The lowest BCUT2D eigenvalue weighted by Gasteiger charge is -2.27. The highest BCUT2D eigenvalue weighted by Gasteiger charge is 2.27. The van der Waals surface area contributed by atoms with Gasteiger partial charge in [-0.15, -0.1) is 0 Å². The van der Waals surface area contributed by atoms with Crippen molar-refractivity contribution in [2.45, 2.75) is 12.8 Å². The van der Waals surface area contributed by atoms with Crippen LogP contribution in [0.2, 0.25) is 0 Å². The number of nitrogens with zero attached hydrogens (tertiary/aromatic N) is 2. The van der Waals surface area contributed by atoms with Gasteiger partial charge in [0.2, 0.25) is 5.91 Å². The molecule has 1 aromatic rings. The van der Waals surface area contributed by atoms with Gasteiger partial charge in [0, 0.05) is 33.2 Å². The van der Waals surface area contributed by atoms with Crippen molar-refractivity contribution in [3.8, 4) is 0 Å². The van der Waals surface area contributed by atoms with Crippen molar-refractivity contribution in [2.75, 3.05) is 40.5 Å². The standard InChI is InChI=1S/C18H24N2O4/c1-23-14-4-3-11-19-12-10-17(21)20(19)13-9-15-5-7-16(8-6-15)18(22)24-2/h3-8H,9-14H2,1-2H3/b4-3+. The molecule has 1 aliphatic heterocycles. The molecule has 130 valence electrons. The number of hydrogen-bond acceptors (Lipinski definition) is 5. The Morgan fingerprint density at radius 3 is 2.62 bits per heavy atom. The van der Waals surface area contributed by atoms with E-state index in [1.807, 2.05) is 29.3 Å². The zero-order valence-electron chi connectivity index (χ0n) is 14.2. The van der Waals surface area contributed by atoms with Gasteiger partial charge in [0.1, 0.15) is 0 Å². The lowest BCUT2D eigenvalue weighted by atomic mass is 10.1. The molecule has 1 aromatic carbocycles. The molecule has 0 spiro atoms. The van der Waals surface area contributed by atoms with Crippen LogP contribution in [0.4, 0.5) is 0 Å². The first-order valence-corrected chi connectivity index (χ1v) is 8.02. The molecule has 0 atom stereocenters. The van der Waals surface area contributed by atoms with Gasteiger partial charge in [-0.3, -0.25) is 9.80 Å². The molecular formula is C18H24N2O4. The monoisotopic (exact) mass is 332 g/mol. The summed E-state index contributed by atoms with van der Waals surface area (Å²) in [4.78, 5) is 23.5. The van der Waals surface area contributed by atoms with Gasteiger partial charge in [-0.25, -0.2) is 9.80 Å². The number of carbonyl (C=O) groups excluding carboxylic acids is 2. The number of carbonyl (C=O) groups is 2. The van der Waals surface area contributed by atoms with Gasteiger partial charge in [0.05, 0.1) is 19.3 Å². The SMILES string of the molecule is COC/C=C/CN1CCC(=O)N1CCc1ccc(C(=O)OC)cc1. The van der Waals surface area contributed by atoms with E-state index in [0.717, 1.165) is 18.5 Å². The van der Waals surface area contributed by atoms with Crippen LogP contribution < -0.4 is 0 Å². The molecule has 1 heterocycles. The quantitative estimate of drug-likeness (QED) is 0.535. The Balaban J connectivity index is 1.88. The van der Waals surface area contributed by atoms with E-state index in [1.54, 1.807) is 19.2 Å². The third-order valence-electron chi connectivity index (χ3n) is 3.95. The average Bonchev–Trinajstić information content (AvgIpc) is 2.96. The number of ether oxygens (including phenoxy) is 2. The van der Waals surface area contributed by atoms with Gasteiger partial charge >= 0.3 is 5.97 Å². The van der Waals surface area contributed by atoms with Gasteiger partial charge in [-0.1, -0.05) is 24.3 Å². The fourth-order valence-corrected chi connectivity index (χ4v) is 2.61. The minimum absolute atomic E-state index is 0.154. The summed E-state index contributed by atoms with van der Waals surface area (Å²) in [5.41, 5.74) is 1.61. The fourth-order valence-electron chi connectivity index (χ4n) is 2.61. The van der Waals surface area contributed by atoms with Gasteiger partial charge in [-0.2, -0.15) is 0 Å². The van der Waals surface area contributed by atoms with Crippen molar-refractivity contribution < 1.29 is 19.1 Å². The fraction of sp³-hybridized carbons (Fsp3) is 0.444. The highest BCUT2D eigenvalue weighted by Crippen LogP contribution is 2.14. The molecule has 0 saturated carbocycles. The second-order valence-electron chi connectivity index (χ2n) is 5.54. The number of benzene rings is 1. The van der Waals surface area contributed by atoms with Crippen LogP contribution in [0, 0.1) is 0 Å². The van der Waals surface area contributed by atoms with Crippen LogP contribution in [0.3, 0.4) is 0 Å². The number of methoxy groups -OCH3 is 2. The van der Waals surface area contributed by atoms with Crippen LogP contribution >= 0.6 is 0 Å². The highest BCUT2D eigenvalue weighted by atomic mass is 16.5. The van der Waals surface area contributed by atoms with Crippen molar-refractivity contribution in [2.24, 2.45) is 0 Å². The molecule has 0 unspecified atom stereocenters. The third-order valence-corrected chi connectivity index (χ3v) is 3.95. The maximum atomic E-state index is 12.1. The summed E-state index contributed by atoms with van der Waals surface area (Å²) < 4.78 is 9.66. The Hall–Kier alpha value is -2.18. The molecule has 0 N–H and O–H groups in total. The molecule has 1 fully saturated rings. The second-order valence-corrected chi connectivity index (χ2v) is 5.54. The molecule has 0 aliphatic carbocycles. The van der Waals surface area contributed by atoms with Crippen LogP contribution in [-0.2, 0) is 20.7 Å². The van der Waals surface area contributed by atoms with E-state index in [0.29, 0.717) is 31.7 Å². The van der Waals surface area contributed by atoms with E-state index in [4.69, 9.17) is 4.74 Å². The second kappa shape index (κ2) is 9.20. The van der Waals surface area contributed by atoms with Crippen molar-refractivity contribution in [3.05, 3.63) is 47.5 Å². The number of hydrazine groups is 1. The molecule has 0 radical (unpaired) electrons. The molecule has 1 saturated heterocycles. The Labute approximate surface area is 142 Å². The predicted molar refractivity (Wildman–Crippen MR) is 90.4 cm³/mol. The van der Waals surface area contributed by atoms with Gasteiger partial charge in [0.25, 0.3) is 0 Å². The zero-order chi connectivity index (χ0) is 17.4. The molecular weight excluding hydrogens is 308 g/mol. The Morgan fingerprint density at radius 2 is 1.96 bits per heavy atom. The molecule has 6 heteroatoms. The van der Waals surface area contributed by atoms with E-state index in [2.05, 4.69) is 9.75 Å². The highest BCUT2D eigenvalue weighted by molar-refractivity contribution is 5.89. The van der Waals surface area contributed by atoms with Crippen LogP contribution in [0.15, 0.2) is 36.4 Å². The van der Waals surface area contributed by atoms with E-state index >= 15 is 0 Å². The predicted octanol–water partition coefficient (Wildman–Crippen LogP) is 1.67. The molecule has 2 rings (SSSR count). The number of hydrogen-bond donors (Lipinski definition) is 0. The summed E-state index contributed by atoms with van der Waals surface area (Å²) in [6.45, 7) is 2.66. The average molecular weight is 332 g/mol. The minimum Gasteiger partial charge on any atom is -0.465 e. The van der Waals surface area contributed by atoms with Crippen molar-refractivity contribution >= 4 is 11.9 Å². The van der Waals surface area contributed by atoms with E-state index in [9.17, 15) is 9.59 Å². The van der Waals surface area contributed by atoms with Crippen LogP contribution in [0.25, 0.3) is 0 Å². The van der Waals surface area contributed by atoms with Crippen molar-refractivity contribution in [1.29, 1.82) is 0 Å². The zero-order valence-corrected chi connectivity index (χ0v) is 14.2. The Bertz CT molecular complexity index is 583. The third kappa shape index (κ3) is 4.91. The smallest absolute Gasteiger partial charge is 0.337 e. The molecule has 1 aliphatic rings. The maximum Gasteiger partial charge on any atom is 0.337 e. The Morgan fingerprint density at radius 1 is 1.21 bits per heavy atom. The van der Waals surface area contributed by atoms with E-state index in [1.165, 1.54) is 7.11 Å². The summed E-state index contributed by atoms with van der Waals surface area (Å²) in [6, 6.07) is 7.29. The summed E-state index contributed by atoms with van der Waals surface area (Å²) in [5, 5.41) is 3.86. The first kappa shape index (κ1) is 18.2. The van der Waals surface area contributed by atoms with E-state index < -0.39 is 0 Å².